The van der Waals surface area contributed by atoms with E-state index in [1.54, 1.807) is 6.92 Å². The number of nitrogens with one attached hydrogen (secondary N) is 2. The molecule has 0 saturated heterocycles. The van der Waals surface area contributed by atoms with Gasteiger partial charge in [-0.25, -0.2) is 0 Å². The molecule has 2 N–H and O–H groups in total. The van der Waals surface area contributed by atoms with Crippen molar-refractivity contribution in [3.05, 3.63) is 53.5 Å². The van der Waals surface area contributed by atoms with Crippen molar-refractivity contribution in [2.45, 2.75) is 20.4 Å². The van der Waals surface area contributed by atoms with Gasteiger partial charge in [0.25, 0.3) is 0 Å². The predicted octanol–water partition coefficient (Wildman–Crippen LogP) is 3.88. The van der Waals surface area contributed by atoms with Crippen LogP contribution in [0.3, 0.4) is 0 Å². The van der Waals surface area contributed by atoms with Crippen LogP contribution in [0.25, 0.3) is 10.9 Å². The van der Waals surface area contributed by atoms with Crippen molar-refractivity contribution in [3.63, 3.8) is 0 Å². The van der Waals surface area contributed by atoms with Crippen LogP contribution in [0.5, 0.6) is 0 Å². The van der Waals surface area contributed by atoms with Gasteiger partial charge in [-0.3, -0.25) is 4.79 Å². The number of aromatic amines is 1. The van der Waals surface area contributed by atoms with Crippen LogP contribution < -0.4 is 5.32 Å². The first-order chi connectivity index (χ1) is 9.65. The molecule has 2 aromatic heterocycles. The molecule has 0 aliphatic rings. The van der Waals surface area contributed by atoms with Crippen LogP contribution in [-0.2, 0) is 6.54 Å². The lowest BCUT2D eigenvalue weighted by Crippen LogP contribution is -2.03. The van der Waals surface area contributed by atoms with E-state index in [-0.39, 0.29) is 5.78 Å². The molecule has 3 aromatic rings. The minimum Gasteiger partial charge on any atom is -0.465 e. The topological polar surface area (TPSA) is 58.0 Å². The van der Waals surface area contributed by atoms with E-state index >= 15 is 0 Å². The lowest BCUT2D eigenvalue weighted by molar-refractivity contribution is 0.102. The van der Waals surface area contributed by atoms with Crippen LogP contribution in [0.1, 0.15) is 28.8 Å². The monoisotopic (exact) mass is 268 g/mol. The highest BCUT2D eigenvalue weighted by molar-refractivity contribution is 6.11. The Morgan fingerprint density at radius 2 is 2.05 bits per heavy atom. The largest absolute Gasteiger partial charge is 0.465 e. The van der Waals surface area contributed by atoms with Crippen molar-refractivity contribution >= 4 is 22.5 Å². The zero-order chi connectivity index (χ0) is 14.1. The second kappa shape index (κ2) is 4.89. The van der Waals surface area contributed by atoms with E-state index in [0.29, 0.717) is 12.1 Å². The highest BCUT2D eigenvalue weighted by Crippen LogP contribution is 2.27. The van der Waals surface area contributed by atoms with E-state index in [1.165, 1.54) is 0 Å². The molecule has 3 rings (SSSR count). The first kappa shape index (κ1) is 12.5. The zero-order valence-corrected chi connectivity index (χ0v) is 11.5. The van der Waals surface area contributed by atoms with Crippen molar-refractivity contribution in [2.75, 3.05) is 5.32 Å². The molecule has 0 aliphatic carbocycles. The van der Waals surface area contributed by atoms with Gasteiger partial charge in [0.2, 0.25) is 0 Å². The fourth-order valence-electron chi connectivity index (χ4n) is 2.40. The summed E-state index contributed by atoms with van der Waals surface area (Å²) >= 11 is 0. The highest BCUT2D eigenvalue weighted by Gasteiger charge is 2.15. The first-order valence-corrected chi connectivity index (χ1v) is 6.56. The summed E-state index contributed by atoms with van der Waals surface area (Å²) in [7, 11) is 0. The molecule has 1 aromatic carbocycles. The van der Waals surface area contributed by atoms with E-state index in [0.717, 1.165) is 28.2 Å². The maximum absolute atomic E-state index is 11.9. The van der Waals surface area contributed by atoms with Gasteiger partial charge in [-0.1, -0.05) is 18.2 Å². The number of hydrogen-bond donors (Lipinski definition) is 2. The molecule has 102 valence electrons. The minimum absolute atomic E-state index is 0.0422. The second-order valence-corrected chi connectivity index (χ2v) is 4.84. The number of hydrogen-bond acceptors (Lipinski definition) is 3. The van der Waals surface area contributed by atoms with Gasteiger partial charge in [0.05, 0.1) is 12.1 Å². The summed E-state index contributed by atoms with van der Waals surface area (Å²) in [6, 6.07) is 11.6. The fourth-order valence-corrected chi connectivity index (χ4v) is 2.40. The van der Waals surface area contributed by atoms with Crippen LogP contribution in [0.2, 0.25) is 0 Å². The summed E-state index contributed by atoms with van der Waals surface area (Å²) in [4.78, 5) is 15.1. The molecule has 0 radical (unpaired) electrons. The predicted molar refractivity (Wildman–Crippen MR) is 79.1 cm³/mol. The highest BCUT2D eigenvalue weighted by atomic mass is 16.3. The zero-order valence-electron chi connectivity index (χ0n) is 11.5. The van der Waals surface area contributed by atoms with Crippen molar-refractivity contribution in [2.24, 2.45) is 0 Å². The van der Waals surface area contributed by atoms with E-state index in [4.69, 9.17) is 4.42 Å². The number of anilines is 1. The molecule has 0 aliphatic heterocycles. The number of Topliss-reactive ketones (excluding diaryl/α,β-unsaturated/α-hetero) is 1. The molecule has 20 heavy (non-hydrogen) atoms. The Balaban J connectivity index is 1.94. The standard InChI is InChI=1S/C16H16N2O2/c1-10-7-8-12(20-10)9-17-16-15(11(2)19)13-5-3-4-6-14(13)18-16/h3-8,17-18H,9H2,1-2H3. The summed E-state index contributed by atoms with van der Waals surface area (Å²) in [5, 5.41) is 4.19. The molecule has 0 fully saturated rings. The molecule has 0 saturated carbocycles. The van der Waals surface area contributed by atoms with E-state index < -0.39 is 0 Å². The second-order valence-electron chi connectivity index (χ2n) is 4.84. The molecule has 0 atom stereocenters. The summed E-state index contributed by atoms with van der Waals surface area (Å²) in [5.41, 5.74) is 1.65. The number of furan rings is 1. The van der Waals surface area contributed by atoms with Crippen LogP contribution in [0.4, 0.5) is 5.82 Å². The van der Waals surface area contributed by atoms with Crippen molar-refractivity contribution < 1.29 is 9.21 Å². The van der Waals surface area contributed by atoms with Gasteiger partial charge in [-0.15, -0.1) is 0 Å². The van der Waals surface area contributed by atoms with Gasteiger partial charge in [-0.05, 0) is 32.0 Å². The van der Waals surface area contributed by atoms with Gasteiger partial charge in [0, 0.05) is 10.9 Å². The van der Waals surface area contributed by atoms with Crippen LogP contribution in [0, 0.1) is 6.92 Å². The average molecular weight is 268 g/mol. The van der Waals surface area contributed by atoms with Crippen LogP contribution in [-0.4, -0.2) is 10.8 Å². The number of aromatic nitrogens is 1. The number of carbonyl (C=O) groups is 1. The Morgan fingerprint density at radius 3 is 2.75 bits per heavy atom. The maximum atomic E-state index is 11.9. The number of rotatable bonds is 4. The van der Waals surface area contributed by atoms with E-state index in [2.05, 4.69) is 10.3 Å². The number of fused-ring (bicyclic) bond motifs is 1. The quantitative estimate of drug-likeness (QED) is 0.706. The van der Waals surface area contributed by atoms with Crippen LogP contribution in [0.15, 0.2) is 40.8 Å². The third-order valence-corrected chi connectivity index (χ3v) is 3.29. The molecule has 0 amide bonds. The number of para-hydroxylation sites is 1. The number of benzene rings is 1. The molecular formula is C16H16N2O2. The molecular weight excluding hydrogens is 252 g/mol. The number of ketones is 1. The molecule has 0 spiro atoms. The molecule has 4 nitrogen and oxygen atoms in total. The third kappa shape index (κ3) is 2.20. The number of carbonyl (C=O) groups excluding carboxylic acids is 1. The van der Waals surface area contributed by atoms with Gasteiger partial charge < -0.3 is 14.7 Å². The Kier molecular flexibility index (Phi) is 3.06. The Bertz CT molecular complexity index is 768. The minimum atomic E-state index is 0.0422. The first-order valence-electron chi connectivity index (χ1n) is 6.56. The fraction of sp³-hybridized carbons (Fsp3) is 0.188. The van der Waals surface area contributed by atoms with E-state index in [9.17, 15) is 4.79 Å². The summed E-state index contributed by atoms with van der Waals surface area (Å²) in [6.45, 7) is 4.03. The van der Waals surface area contributed by atoms with Crippen molar-refractivity contribution in [1.82, 2.24) is 4.98 Å². The molecule has 4 heteroatoms. The number of aryl methyl sites for hydroxylation is 1. The van der Waals surface area contributed by atoms with Crippen molar-refractivity contribution in [1.29, 1.82) is 0 Å². The van der Waals surface area contributed by atoms with Crippen LogP contribution >= 0.6 is 0 Å². The van der Waals surface area contributed by atoms with Gasteiger partial charge >= 0.3 is 0 Å². The SMILES string of the molecule is CC(=O)c1c(NCc2ccc(C)o2)[nH]c2ccccc12. The Labute approximate surface area is 116 Å². The normalized spacial score (nSPS) is 10.9. The lowest BCUT2D eigenvalue weighted by Gasteiger charge is -2.04. The number of H-pyrrole nitrogens is 1. The Morgan fingerprint density at radius 1 is 1.25 bits per heavy atom. The Hall–Kier alpha value is -2.49. The van der Waals surface area contributed by atoms with Gasteiger partial charge in [0.15, 0.2) is 5.78 Å². The maximum Gasteiger partial charge on any atom is 0.164 e. The molecule has 2 heterocycles. The third-order valence-electron chi connectivity index (χ3n) is 3.29. The molecule has 0 bridgehead atoms. The summed E-state index contributed by atoms with van der Waals surface area (Å²) in [5.74, 6) is 2.51. The lowest BCUT2D eigenvalue weighted by atomic mass is 10.1. The summed E-state index contributed by atoms with van der Waals surface area (Å²) < 4.78 is 5.52. The smallest absolute Gasteiger partial charge is 0.164 e. The van der Waals surface area contributed by atoms with Gasteiger partial charge in [0.1, 0.15) is 17.3 Å². The van der Waals surface area contributed by atoms with Gasteiger partial charge in [-0.2, -0.15) is 0 Å². The summed E-state index contributed by atoms with van der Waals surface area (Å²) in [6.07, 6.45) is 0. The van der Waals surface area contributed by atoms with E-state index in [1.807, 2.05) is 43.3 Å². The molecule has 0 unspecified atom stereocenters. The van der Waals surface area contributed by atoms with Crippen molar-refractivity contribution in [3.8, 4) is 0 Å². The average Bonchev–Trinajstić information content (AvgIpc) is 2.99.